The van der Waals surface area contributed by atoms with E-state index in [1.54, 1.807) is 0 Å². The number of carboxylic acids is 1. The zero-order chi connectivity index (χ0) is 14.8. The number of halogens is 3. The van der Waals surface area contributed by atoms with Gasteiger partial charge in [0.2, 0.25) is 11.6 Å². The van der Waals surface area contributed by atoms with E-state index in [0.717, 1.165) is 7.11 Å². The van der Waals surface area contributed by atoms with Gasteiger partial charge in [-0.1, -0.05) is 0 Å². The molecule has 0 radical (unpaired) electrons. The van der Waals surface area contributed by atoms with Crippen LogP contribution >= 0.6 is 0 Å². The number of alkyl halides is 3. The van der Waals surface area contributed by atoms with Gasteiger partial charge in [0, 0.05) is 0 Å². The molecule has 0 saturated carbocycles. The smallest absolute Gasteiger partial charge is 0.480 e. The van der Waals surface area contributed by atoms with Crippen LogP contribution in [0.1, 0.15) is 10.4 Å². The Morgan fingerprint density at radius 1 is 1.53 bits per heavy atom. The minimum Gasteiger partial charge on any atom is -0.480 e. The molecule has 1 N–H and O–H groups in total. The number of hydrogen-bond donors (Lipinski definition) is 1. The van der Waals surface area contributed by atoms with Crippen molar-refractivity contribution in [3.63, 3.8) is 0 Å². The molecular formula is C8H5F3N2O6. The Kier molecular flexibility index (Phi) is 3.77. The fourth-order valence-corrected chi connectivity index (χ4v) is 1.16. The van der Waals surface area contributed by atoms with Gasteiger partial charge in [0.05, 0.1) is 12.0 Å². The van der Waals surface area contributed by atoms with Crippen LogP contribution in [0.3, 0.4) is 0 Å². The van der Waals surface area contributed by atoms with E-state index in [1.807, 2.05) is 0 Å². The molecule has 19 heavy (non-hydrogen) atoms. The first-order valence-electron chi connectivity index (χ1n) is 4.37. The average Bonchev–Trinajstić information content (AvgIpc) is 2.25. The normalized spacial score (nSPS) is 10.9. The van der Waals surface area contributed by atoms with Crippen molar-refractivity contribution in [1.82, 2.24) is 4.98 Å². The highest BCUT2D eigenvalue weighted by Crippen LogP contribution is 2.38. The molecule has 0 aliphatic heterocycles. The molecule has 0 atom stereocenters. The van der Waals surface area contributed by atoms with Gasteiger partial charge in [-0.25, -0.2) is 9.78 Å². The molecule has 1 heterocycles. The van der Waals surface area contributed by atoms with Crippen LogP contribution in [-0.4, -0.2) is 34.5 Å². The number of rotatable bonds is 4. The lowest BCUT2D eigenvalue weighted by molar-refractivity contribution is -0.389. The highest BCUT2D eigenvalue weighted by molar-refractivity contribution is 5.95. The molecule has 104 valence electrons. The fourth-order valence-electron chi connectivity index (χ4n) is 1.16. The highest BCUT2D eigenvalue weighted by Gasteiger charge is 2.39. The summed E-state index contributed by atoms with van der Waals surface area (Å²) in [4.78, 5) is 23.4. The van der Waals surface area contributed by atoms with Crippen LogP contribution in [0.2, 0.25) is 0 Å². The average molecular weight is 282 g/mol. The number of nitrogens with zero attached hydrogens (tertiary/aromatic N) is 2. The Bertz CT molecular complexity index is 530. The van der Waals surface area contributed by atoms with Gasteiger partial charge in [0.1, 0.15) is 6.20 Å². The van der Waals surface area contributed by atoms with Crippen LogP contribution in [0.25, 0.3) is 0 Å². The standard InChI is InChI=1S/C8H5F3N2O6/c1-18-6-4(7(14)15)5(19-8(9,10)11)3(2-12-6)13(16)17/h2H,1H3,(H,14,15). The number of methoxy groups -OCH3 is 1. The predicted octanol–water partition coefficient (Wildman–Crippen LogP) is 1.60. The second-order valence-corrected chi connectivity index (χ2v) is 2.97. The summed E-state index contributed by atoms with van der Waals surface area (Å²) >= 11 is 0. The fraction of sp³-hybridized carbons (Fsp3) is 0.250. The van der Waals surface area contributed by atoms with Gasteiger partial charge in [-0.2, -0.15) is 0 Å². The van der Waals surface area contributed by atoms with Crippen LogP contribution in [-0.2, 0) is 0 Å². The van der Waals surface area contributed by atoms with E-state index in [2.05, 4.69) is 14.5 Å². The summed E-state index contributed by atoms with van der Waals surface area (Å²) < 4.78 is 44.3. The van der Waals surface area contributed by atoms with Crippen molar-refractivity contribution < 1.29 is 37.5 Å². The largest absolute Gasteiger partial charge is 0.573 e. The Morgan fingerprint density at radius 2 is 2.11 bits per heavy atom. The first-order valence-corrected chi connectivity index (χ1v) is 4.37. The zero-order valence-corrected chi connectivity index (χ0v) is 9.09. The maximum atomic E-state index is 12.2. The molecule has 0 saturated heterocycles. The summed E-state index contributed by atoms with van der Waals surface area (Å²) in [6.45, 7) is 0. The molecule has 0 bridgehead atoms. The van der Waals surface area contributed by atoms with Crippen molar-refractivity contribution in [2.75, 3.05) is 7.11 Å². The summed E-state index contributed by atoms with van der Waals surface area (Å²) in [7, 11) is 0.942. The lowest BCUT2D eigenvalue weighted by Gasteiger charge is -2.12. The second-order valence-electron chi connectivity index (χ2n) is 2.97. The Morgan fingerprint density at radius 3 is 2.47 bits per heavy atom. The molecule has 8 nitrogen and oxygen atoms in total. The van der Waals surface area contributed by atoms with Gasteiger partial charge >= 0.3 is 18.0 Å². The first-order chi connectivity index (χ1) is 8.67. The molecule has 0 spiro atoms. The van der Waals surface area contributed by atoms with Crippen molar-refractivity contribution in [2.45, 2.75) is 6.36 Å². The van der Waals surface area contributed by atoms with E-state index in [0.29, 0.717) is 6.20 Å². The van der Waals surface area contributed by atoms with Crippen molar-refractivity contribution in [3.8, 4) is 11.6 Å². The Hall–Kier alpha value is -2.59. The first kappa shape index (κ1) is 14.5. The number of aromatic nitrogens is 1. The summed E-state index contributed by atoms with van der Waals surface area (Å²) in [6, 6.07) is 0. The summed E-state index contributed by atoms with van der Waals surface area (Å²) in [5.74, 6) is -4.14. The van der Waals surface area contributed by atoms with E-state index in [9.17, 15) is 28.1 Å². The molecule has 1 aromatic heterocycles. The van der Waals surface area contributed by atoms with Gasteiger partial charge in [0.25, 0.3) is 0 Å². The van der Waals surface area contributed by atoms with E-state index in [4.69, 9.17) is 5.11 Å². The highest BCUT2D eigenvalue weighted by atomic mass is 19.4. The van der Waals surface area contributed by atoms with Crippen LogP contribution in [0.4, 0.5) is 18.9 Å². The summed E-state index contributed by atoms with van der Waals surface area (Å²) in [5.41, 5.74) is -2.43. The summed E-state index contributed by atoms with van der Waals surface area (Å²) in [6.07, 6.45) is -4.90. The Labute approximate surface area is 102 Å². The maximum absolute atomic E-state index is 12.2. The van der Waals surface area contributed by atoms with Crippen LogP contribution in [0.5, 0.6) is 11.6 Å². The second kappa shape index (κ2) is 4.96. The van der Waals surface area contributed by atoms with Crippen molar-refractivity contribution in [2.24, 2.45) is 0 Å². The molecule has 1 rings (SSSR count). The minimum atomic E-state index is -5.30. The molecule has 0 aliphatic rings. The number of hydrogen-bond acceptors (Lipinski definition) is 6. The molecular weight excluding hydrogens is 277 g/mol. The van der Waals surface area contributed by atoms with Crippen molar-refractivity contribution in [3.05, 3.63) is 21.9 Å². The molecule has 0 fully saturated rings. The number of aromatic carboxylic acids is 1. The molecule has 0 aliphatic carbocycles. The van der Waals surface area contributed by atoms with Crippen LogP contribution in [0, 0.1) is 10.1 Å². The zero-order valence-electron chi connectivity index (χ0n) is 9.09. The molecule has 0 amide bonds. The summed E-state index contributed by atoms with van der Waals surface area (Å²) in [5, 5.41) is 19.4. The van der Waals surface area contributed by atoms with Gasteiger partial charge < -0.3 is 14.6 Å². The van der Waals surface area contributed by atoms with E-state index in [-0.39, 0.29) is 0 Å². The lowest BCUT2D eigenvalue weighted by atomic mass is 10.2. The van der Waals surface area contributed by atoms with Gasteiger partial charge in [-0.3, -0.25) is 10.1 Å². The maximum Gasteiger partial charge on any atom is 0.573 e. The van der Waals surface area contributed by atoms with E-state index in [1.165, 1.54) is 0 Å². The SMILES string of the molecule is COc1ncc([N+](=O)[O-])c(OC(F)(F)F)c1C(=O)O. The number of pyridine rings is 1. The third kappa shape index (κ3) is 3.20. The van der Waals surface area contributed by atoms with Crippen molar-refractivity contribution in [1.29, 1.82) is 0 Å². The van der Waals surface area contributed by atoms with Crippen LogP contribution in [0.15, 0.2) is 6.20 Å². The molecule has 0 aromatic carbocycles. The van der Waals surface area contributed by atoms with Gasteiger partial charge in [-0.15, -0.1) is 13.2 Å². The number of ether oxygens (including phenoxy) is 2. The molecule has 1 aromatic rings. The lowest BCUT2D eigenvalue weighted by Crippen LogP contribution is -2.20. The van der Waals surface area contributed by atoms with Gasteiger partial charge in [0.15, 0.2) is 5.56 Å². The molecule has 0 unspecified atom stereocenters. The van der Waals surface area contributed by atoms with Gasteiger partial charge in [-0.05, 0) is 0 Å². The van der Waals surface area contributed by atoms with E-state index < -0.39 is 40.1 Å². The predicted molar refractivity (Wildman–Crippen MR) is 51.1 cm³/mol. The number of carbonyl (C=O) groups is 1. The minimum absolute atomic E-state index is 0.409. The quantitative estimate of drug-likeness (QED) is 0.659. The Balaban J connectivity index is 3.58. The third-order valence-electron chi connectivity index (χ3n) is 1.80. The number of carboxylic acid groups (broad SMARTS) is 1. The number of nitro groups is 1. The topological polar surface area (TPSA) is 112 Å². The van der Waals surface area contributed by atoms with Crippen LogP contribution < -0.4 is 9.47 Å². The van der Waals surface area contributed by atoms with E-state index >= 15 is 0 Å². The molecule has 11 heteroatoms. The monoisotopic (exact) mass is 282 g/mol. The third-order valence-corrected chi connectivity index (χ3v) is 1.80. The van der Waals surface area contributed by atoms with Crippen molar-refractivity contribution >= 4 is 11.7 Å².